The predicted molar refractivity (Wildman–Crippen MR) is 54.7 cm³/mol. The van der Waals surface area contributed by atoms with Crippen LogP contribution < -0.4 is 5.73 Å². The molecule has 0 amide bonds. The van der Waals surface area contributed by atoms with E-state index in [0.717, 1.165) is 5.69 Å². The van der Waals surface area contributed by atoms with Crippen LogP contribution in [0.15, 0.2) is 18.6 Å². The average molecular weight is 195 g/mol. The van der Waals surface area contributed by atoms with E-state index in [4.69, 9.17) is 10.5 Å². The zero-order valence-electron chi connectivity index (χ0n) is 8.90. The van der Waals surface area contributed by atoms with Gasteiger partial charge in [-0.2, -0.15) is 0 Å². The molecule has 0 spiro atoms. The first-order chi connectivity index (χ1) is 6.58. The summed E-state index contributed by atoms with van der Waals surface area (Å²) in [5, 5.41) is 0. The molecule has 4 heteroatoms. The van der Waals surface area contributed by atoms with Crippen LogP contribution in [0.4, 0.5) is 0 Å². The van der Waals surface area contributed by atoms with E-state index in [-0.39, 0.29) is 6.04 Å². The topological polar surface area (TPSA) is 61.0 Å². The Kier molecular flexibility index (Phi) is 3.55. The van der Waals surface area contributed by atoms with Gasteiger partial charge in [-0.1, -0.05) is 0 Å². The molecule has 78 valence electrons. The number of nitrogens with zero attached hydrogens (tertiary/aromatic N) is 2. The lowest BCUT2D eigenvalue weighted by Crippen LogP contribution is -2.38. The van der Waals surface area contributed by atoms with Crippen molar-refractivity contribution in [1.82, 2.24) is 9.97 Å². The predicted octanol–water partition coefficient (Wildman–Crippen LogP) is 1.29. The first-order valence-electron chi connectivity index (χ1n) is 4.73. The van der Waals surface area contributed by atoms with Crippen molar-refractivity contribution in [3.05, 3.63) is 24.3 Å². The number of hydrogen-bond donors (Lipinski definition) is 1. The van der Waals surface area contributed by atoms with Gasteiger partial charge in [-0.05, 0) is 20.8 Å². The van der Waals surface area contributed by atoms with Crippen molar-refractivity contribution in [2.45, 2.75) is 32.4 Å². The number of rotatable bonds is 4. The molecule has 0 bridgehead atoms. The first kappa shape index (κ1) is 11.1. The summed E-state index contributed by atoms with van der Waals surface area (Å²) in [4.78, 5) is 8.14. The fourth-order valence-electron chi connectivity index (χ4n) is 1.29. The molecule has 0 saturated heterocycles. The maximum atomic E-state index is 6.03. The fourth-order valence-corrected chi connectivity index (χ4v) is 1.29. The molecular weight excluding hydrogens is 178 g/mol. The van der Waals surface area contributed by atoms with Gasteiger partial charge < -0.3 is 10.5 Å². The molecule has 0 aliphatic heterocycles. The zero-order valence-corrected chi connectivity index (χ0v) is 8.90. The van der Waals surface area contributed by atoms with E-state index >= 15 is 0 Å². The fraction of sp³-hybridized carbons (Fsp3) is 0.600. The zero-order chi connectivity index (χ0) is 10.6. The minimum absolute atomic E-state index is 0.254. The minimum Gasteiger partial charge on any atom is -0.374 e. The van der Waals surface area contributed by atoms with E-state index < -0.39 is 5.60 Å². The Labute approximate surface area is 84.5 Å². The maximum Gasteiger partial charge on any atom is 0.0834 e. The summed E-state index contributed by atoms with van der Waals surface area (Å²) in [6.45, 7) is 6.50. The molecule has 1 atom stereocenters. The van der Waals surface area contributed by atoms with Crippen LogP contribution in [0.5, 0.6) is 0 Å². The average Bonchev–Trinajstić information content (AvgIpc) is 2.18. The third kappa shape index (κ3) is 2.49. The van der Waals surface area contributed by atoms with Gasteiger partial charge in [-0.3, -0.25) is 9.97 Å². The lowest BCUT2D eigenvalue weighted by molar-refractivity contribution is -0.0307. The van der Waals surface area contributed by atoms with Crippen LogP contribution in [-0.4, -0.2) is 22.2 Å². The van der Waals surface area contributed by atoms with E-state index in [9.17, 15) is 0 Å². The second-order valence-corrected chi connectivity index (χ2v) is 3.64. The summed E-state index contributed by atoms with van der Waals surface area (Å²) in [6, 6.07) is -0.254. The van der Waals surface area contributed by atoms with Crippen molar-refractivity contribution in [2.75, 3.05) is 6.61 Å². The number of hydrogen-bond acceptors (Lipinski definition) is 4. The van der Waals surface area contributed by atoms with Gasteiger partial charge >= 0.3 is 0 Å². The Hall–Kier alpha value is -1.00. The van der Waals surface area contributed by atoms with Gasteiger partial charge in [0.1, 0.15) is 0 Å². The summed E-state index contributed by atoms with van der Waals surface area (Å²) in [7, 11) is 0. The lowest BCUT2D eigenvalue weighted by Gasteiger charge is -2.30. The van der Waals surface area contributed by atoms with Crippen molar-refractivity contribution in [1.29, 1.82) is 0 Å². The number of aromatic nitrogens is 2. The molecule has 4 nitrogen and oxygen atoms in total. The van der Waals surface area contributed by atoms with Gasteiger partial charge in [-0.15, -0.1) is 0 Å². The number of ether oxygens (including phenoxy) is 1. The molecule has 2 N–H and O–H groups in total. The summed E-state index contributed by atoms with van der Waals surface area (Å²) < 4.78 is 5.55. The second-order valence-electron chi connectivity index (χ2n) is 3.64. The molecule has 0 radical (unpaired) electrons. The van der Waals surface area contributed by atoms with Crippen LogP contribution in [0, 0.1) is 0 Å². The lowest BCUT2D eigenvalue weighted by atomic mass is 9.97. The third-order valence-electron chi connectivity index (χ3n) is 2.17. The van der Waals surface area contributed by atoms with Crippen LogP contribution in [0.3, 0.4) is 0 Å². The molecule has 14 heavy (non-hydrogen) atoms. The molecule has 0 aromatic carbocycles. The van der Waals surface area contributed by atoms with E-state index in [1.807, 2.05) is 20.8 Å². The monoisotopic (exact) mass is 195 g/mol. The Morgan fingerprint density at radius 1 is 1.50 bits per heavy atom. The largest absolute Gasteiger partial charge is 0.374 e. The molecule has 0 aliphatic carbocycles. The van der Waals surface area contributed by atoms with Crippen LogP contribution >= 0.6 is 0 Å². The van der Waals surface area contributed by atoms with Gasteiger partial charge in [0.2, 0.25) is 0 Å². The van der Waals surface area contributed by atoms with Gasteiger partial charge in [0.15, 0.2) is 0 Å². The second kappa shape index (κ2) is 4.48. The van der Waals surface area contributed by atoms with E-state index in [1.54, 1.807) is 18.6 Å². The van der Waals surface area contributed by atoms with Crippen molar-refractivity contribution >= 4 is 0 Å². The van der Waals surface area contributed by atoms with E-state index in [1.165, 1.54) is 0 Å². The van der Waals surface area contributed by atoms with Crippen LogP contribution in [0.2, 0.25) is 0 Å². The normalized spacial score (nSPS) is 14.0. The van der Waals surface area contributed by atoms with E-state index in [2.05, 4.69) is 9.97 Å². The standard InChI is InChI=1S/C10H17N3O/c1-4-14-10(2,3)9(11)8-7-12-5-6-13-8/h5-7,9H,4,11H2,1-3H3. The highest BCUT2D eigenvalue weighted by Crippen LogP contribution is 2.24. The van der Waals surface area contributed by atoms with Crippen LogP contribution in [0.25, 0.3) is 0 Å². The Bertz CT molecular complexity index is 274. The maximum absolute atomic E-state index is 6.03. The SMILES string of the molecule is CCOC(C)(C)C(N)c1cnccn1. The number of nitrogens with two attached hydrogens (primary N) is 1. The Balaban J connectivity index is 2.79. The molecule has 1 rings (SSSR count). The highest BCUT2D eigenvalue weighted by atomic mass is 16.5. The molecule has 0 saturated carbocycles. The van der Waals surface area contributed by atoms with Gasteiger partial charge in [0, 0.05) is 19.0 Å². The van der Waals surface area contributed by atoms with Gasteiger partial charge in [0.25, 0.3) is 0 Å². The first-order valence-corrected chi connectivity index (χ1v) is 4.73. The summed E-state index contributed by atoms with van der Waals surface area (Å²) in [5.74, 6) is 0. The van der Waals surface area contributed by atoms with Crippen LogP contribution in [-0.2, 0) is 4.74 Å². The molecule has 1 aromatic rings. The quantitative estimate of drug-likeness (QED) is 0.786. The highest BCUT2D eigenvalue weighted by molar-refractivity contribution is 5.06. The molecule has 1 aromatic heterocycles. The summed E-state index contributed by atoms with van der Waals surface area (Å²) >= 11 is 0. The highest BCUT2D eigenvalue weighted by Gasteiger charge is 2.29. The summed E-state index contributed by atoms with van der Waals surface area (Å²) in [6.07, 6.45) is 4.94. The van der Waals surface area contributed by atoms with Crippen LogP contribution in [0.1, 0.15) is 32.5 Å². The van der Waals surface area contributed by atoms with Crippen molar-refractivity contribution in [2.24, 2.45) is 5.73 Å². The molecule has 1 heterocycles. The summed E-state index contributed by atoms with van der Waals surface area (Å²) in [5.41, 5.74) is 6.37. The smallest absolute Gasteiger partial charge is 0.0834 e. The van der Waals surface area contributed by atoms with Crippen molar-refractivity contribution < 1.29 is 4.74 Å². The Morgan fingerprint density at radius 3 is 2.71 bits per heavy atom. The van der Waals surface area contributed by atoms with E-state index in [0.29, 0.717) is 6.61 Å². The molecule has 1 unspecified atom stereocenters. The Morgan fingerprint density at radius 2 is 2.21 bits per heavy atom. The minimum atomic E-state index is -0.412. The molecular formula is C10H17N3O. The van der Waals surface area contributed by atoms with Gasteiger partial charge in [-0.25, -0.2) is 0 Å². The van der Waals surface area contributed by atoms with Gasteiger partial charge in [0.05, 0.1) is 23.5 Å². The molecule has 0 fully saturated rings. The van der Waals surface area contributed by atoms with Crippen molar-refractivity contribution in [3.63, 3.8) is 0 Å². The third-order valence-corrected chi connectivity index (χ3v) is 2.17. The van der Waals surface area contributed by atoms with Crippen molar-refractivity contribution in [3.8, 4) is 0 Å². The molecule has 0 aliphatic rings.